The van der Waals surface area contributed by atoms with Crippen molar-refractivity contribution in [3.05, 3.63) is 33.8 Å². The van der Waals surface area contributed by atoms with E-state index in [1.165, 1.54) is 32.1 Å². The fourth-order valence-electron chi connectivity index (χ4n) is 2.74. The van der Waals surface area contributed by atoms with E-state index in [0.29, 0.717) is 5.02 Å². The number of hydrogen-bond donors (Lipinski definition) is 2. The zero-order valence-electron chi connectivity index (χ0n) is 11.9. The van der Waals surface area contributed by atoms with E-state index in [1.807, 2.05) is 18.2 Å². The highest BCUT2D eigenvalue weighted by Gasteiger charge is 2.11. The number of halogens is 2. The second kappa shape index (κ2) is 8.89. The van der Waals surface area contributed by atoms with Crippen molar-refractivity contribution in [3.63, 3.8) is 0 Å². The highest BCUT2D eigenvalue weighted by molar-refractivity contribution is 6.35. The summed E-state index contributed by atoms with van der Waals surface area (Å²) in [6, 6.07) is 6.46. The molecule has 0 aliphatic heterocycles. The minimum atomic E-state index is 0.698. The van der Waals surface area contributed by atoms with E-state index in [0.717, 1.165) is 42.7 Å². The molecule has 1 aromatic rings. The van der Waals surface area contributed by atoms with Gasteiger partial charge in [-0.15, -0.1) is 0 Å². The minimum Gasteiger partial charge on any atom is -0.315 e. The summed E-state index contributed by atoms with van der Waals surface area (Å²) in [5.41, 5.74) is 1.16. The number of hydrogen-bond acceptors (Lipinski definition) is 2. The largest absolute Gasteiger partial charge is 0.315 e. The Balaban J connectivity index is 1.55. The molecule has 112 valence electrons. The molecular formula is C16H24Cl2N2. The van der Waals surface area contributed by atoms with E-state index >= 15 is 0 Å². The Hall–Kier alpha value is -0.280. The summed E-state index contributed by atoms with van der Waals surface area (Å²) in [6.45, 7) is 3.02. The lowest BCUT2D eigenvalue weighted by Crippen LogP contribution is -2.36. The Kier molecular flexibility index (Phi) is 7.15. The molecule has 20 heavy (non-hydrogen) atoms. The quantitative estimate of drug-likeness (QED) is 0.742. The van der Waals surface area contributed by atoms with Gasteiger partial charge in [0.25, 0.3) is 0 Å². The van der Waals surface area contributed by atoms with Crippen LogP contribution in [0.15, 0.2) is 18.2 Å². The lowest BCUT2D eigenvalue weighted by Gasteiger charge is -2.22. The highest BCUT2D eigenvalue weighted by atomic mass is 35.5. The fourth-order valence-corrected chi connectivity index (χ4v) is 3.25. The van der Waals surface area contributed by atoms with Crippen molar-refractivity contribution >= 4 is 23.2 Å². The maximum absolute atomic E-state index is 6.15. The van der Waals surface area contributed by atoms with Gasteiger partial charge in [0.15, 0.2) is 0 Å². The molecule has 0 radical (unpaired) electrons. The maximum Gasteiger partial charge on any atom is 0.0453 e. The molecule has 2 rings (SSSR count). The van der Waals surface area contributed by atoms with Crippen LogP contribution < -0.4 is 10.6 Å². The Morgan fingerprint density at radius 2 is 1.80 bits per heavy atom. The molecule has 1 fully saturated rings. The molecule has 4 heteroatoms. The topological polar surface area (TPSA) is 24.1 Å². The normalized spacial score (nSPS) is 16.5. The lowest BCUT2D eigenvalue weighted by molar-refractivity contribution is 0.373. The molecule has 0 heterocycles. The first-order valence-corrected chi connectivity index (χ1v) is 8.39. The molecule has 1 aliphatic carbocycles. The van der Waals surface area contributed by atoms with E-state index in [2.05, 4.69) is 10.6 Å². The van der Waals surface area contributed by atoms with Gasteiger partial charge in [0.2, 0.25) is 0 Å². The van der Waals surface area contributed by atoms with Crippen LogP contribution in [0.5, 0.6) is 0 Å². The van der Waals surface area contributed by atoms with Gasteiger partial charge in [0, 0.05) is 29.2 Å². The van der Waals surface area contributed by atoms with Crippen LogP contribution in [0.1, 0.15) is 37.7 Å². The first-order chi connectivity index (χ1) is 9.75. The first-order valence-electron chi connectivity index (χ1n) is 7.64. The van der Waals surface area contributed by atoms with Gasteiger partial charge in [0.05, 0.1) is 0 Å². The third-order valence-corrected chi connectivity index (χ3v) is 4.51. The summed E-state index contributed by atoms with van der Waals surface area (Å²) < 4.78 is 0. The Morgan fingerprint density at radius 3 is 2.55 bits per heavy atom. The SMILES string of the molecule is Clc1ccc(CCNCCNC2CCCCC2)c(Cl)c1. The van der Waals surface area contributed by atoms with Gasteiger partial charge in [-0.05, 0) is 43.5 Å². The fraction of sp³-hybridized carbons (Fsp3) is 0.625. The third kappa shape index (κ3) is 5.61. The summed E-state index contributed by atoms with van der Waals surface area (Å²) >= 11 is 12.0. The van der Waals surface area contributed by atoms with Crippen LogP contribution in [-0.2, 0) is 6.42 Å². The van der Waals surface area contributed by atoms with Gasteiger partial charge in [0.1, 0.15) is 0 Å². The molecule has 1 aliphatic rings. The van der Waals surface area contributed by atoms with Crippen molar-refractivity contribution in [3.8, 4) is 0 Å². The van der Waals surface area contributed by atoms with Gasteiger partial charge in [-0.3, -0.25) is 0 Å². The minimum absolute atomic E-state index is 0.698. The average Bonchev–Trinajstić information content (AvgIpc) is 2.46. The van der Waals surface area contributed by atoms with E-state index in [9.17, 15) is 0 Å². The molecular weight excluding hydrogens is 291 g/mol. The van der Waals surface area contributed by atoms with E-state index in [-0.39, 0.29) is 0 Å². The van der Waals surface area contributed by atoms with Gasteiger partial charge < -0.3 is 10.6 Å². The van der Waals surface area contributed by atoms with E-state index < -0.39 is 0 Å². The molecule has 2 N–H and O–H groups in total. The van der Waals surface area contributed by atoms with Gasteiger partial charge in [-0.1, -0.05) is 48.5 Å². The van der Waals surface area contributed by atoms with Gasteiger partial charge in [-0.25, -0.2) is 0 Å². The molecule has 0 unspecified atom stereocenters. The van der Waals surface area contributed by atoms with Crippen LogP contribution in [0.25, 0.3) is 0 Å². The van der Waals surface area contributed by atoms with Crippen LogP contribution in [0, 0.1) is 0 Å². The maximum atomic E-state index is 6.15. The van der Waals surface area contributed by atoms with E-state index in [4.69, 9.17) is 23.2 Å². The van der Waals surface area contributed by atoms with Crippen molar-refractivity contribution in [1.82, 2.24) is 10.6 Å². The van der Waals surface area contributed by atoms with E-state index in [1.54, 1.807) is 0 Å². The van der Waals surface area contributed by atoms with Crippen LogP contribution in [0.3, 0.4) is 0 Å². The predicted octanol–water partition coefficient (Wildman–Crippen LogP) is 4.05. The number of benzene rings is 1. The Morgan fingerprint density at radius 1 is 1.00 bits per heavy atom. The summed E-state index contributed by atoms with van der Waals surface area (Å²) in [7, 11) is 0. The highest BCUT2D eigenvalue weighted by Crippen LogP contribution is 2.21. The molecule has 1 aromatic carbocycles. The smallest absolute Gasteiger partial charge is 0.0453 e. The second-order valence-electron chi connectivity index (χ2n) is 5.52. The van der Waals surface area contributed by atoms with Crippen LogP contribution in [0.4, 0.5) is 0 Å². The van der Waals surface area contributed by atoms with Crippen LogP contribution in [-0.4, -0.2) is 25.7 Å². The zero-order valence-corrected chi connectivity index (χ0v) is 13.4. The summed E-state index contributed by atoms with van der Waals surface area (Å²) in [4.78, 5) is 0. The van der Waals surface area contributed by atoms with Crippen LogP contribution in [0.2, 0.25) is 10.0 Å². The number of rotatable bonds is 7. The zero-order chi connectivity index (χ0) is 14.2. The van der Waals surface area contributed by atoms with Crippen molar-refractivity contribution < 1.29 is 0 Å². The van der Waals surface area contributed by atoms with Crippen LogP contribution >= 0.6 is 23.2 Å². The van der Waals surface area contributed by atoms with Gasteiger partial charge >= 0.3 is 0 Å². The predicted molar refractivity (Wildman–Crippen MR) is 87.9 cm³/mol. The Bertz CT molecular complexity index is 403. The summed E-state index contributed by atoms with van der Waals surface area (Å²) in [6.07, 6.45) is 7.83. The molecule has 0 amide bonds. The van der Waals surface area contributed by atoms with Crippen molar-refractivity contribution in [2.75, 3.05) is 19.6 Å². The molecule has 1 saturated carbocycles. The lowest BCUT2D eigenvalue weighted by atomic mass is 9.95. The molecule has 0 aromatic heterocycles. The molecule has 0 bridgehead atoms. The second-order valence-corrected chi connectivity index (χ2v) is 6.37. The van der Waals surface area contributed by atoms with Crippen molar-refractivity contribution in [2.45, 2.75) is 44.6 Å². The van der Waals surface area contributed by atoms with Crippen molar-refractivity contribution in [2.24, 2.45) is 0 Å². The molecule has 2 nitrogen and oxygen atoms in total. The first kappa shape index (κ1) is 16.1. The van der Waals surface area contributed by atoms with Gasteiger partial charge in [-0.2, -0.15) is 0 Å². The average molecular weight is 315 g/mol. The molecule has 0 atom stereocenters. The van der Waals surface area contributed by atoms with Crippen molar-refractivity contribution in [1.29, 1.82) is 0 Å². The number of nitrogens with one attached hydrogen (secondary N) is 2. The Labute approximate surface area is 132 Å². The standard InChI is InChI=1S/C16H24Cl2N2/c17-14-7-6-13(16(18)12-14)8-9-19-10-11-20-15-4-2-1-3-5-15/h6-7,12,15,19-20H,1-5,8-11H2. The molecule has 0 saturated heterocycles. The summed E-state index contributed by atoms with van der Waals surface area (Å²) in [5.74, 6) is 0. The molecule has 0 spiro atoms. The summed E-state index contributed by atoms with van der Waals surface area (Å²) in [5, 5.41) is 8.56. The third-order valence-electron chi connectivity index (χ3n) is 3.93. The monoisotopic (exact) mass is 314 g/mol.